The smallest absolute Gasteiger partial charge is 0.138 e. The second-order valence-electron chi connectivity index (χ2n) is 8.44. The van der Waals surface area contributed by atoms with Crippen LogP contribution in [0.15, 0.2) is 24.5 Å². The lowest BCUT2D eigenvalue weighted by molar-refractivity contribution is -0.0842. The molecule has 0 aromatic carbocycles. The van der Waals surface area contributed by atoms with E-state index in [4.69, 9.17) is 9.72 Å². The van der Waals surface area contributed by atoms with Crippen LogP contribution >= 0.6 is 0 Å². The van der Waals surface area contributed by atoms with Gasteiger partial charge in [-0.1, -0.05) is 34.3 Å². The van der Waals surface area contributed by atoms with Gasteiger partial charge in [-0.2, -0.15) is 0 Å². The van der Waals surface area contributed by atoms with E-state index >= 15 is 0 Å². The van der Waals surface area contributed by atoms with Gasteiger partial charge in [0.1, 0.15) is 11.6 Å². The molecule has 25 heavy (non-hydrogen) atoms. The predicted octanol–water partition coefficient (Wildman–Crippen LogP) is 4.32. The molecule has 1 N–H and O–H groups in total. The summed E-state index contributed by atoms with van der Waals surface area (Å²) in [7, 11) is 0. The average Bonchev–Trinajstić information content (AvgIpc) is 2.52. The molecule has 1 aromatic rings. The van der Waals surface area contributed by atoms with E-state index in [1.807, 2.05) is 6.20 Å². The minimum absolute atomic E-state index is 0.283. The highest BCUT2D eigenvalue weighted by Gasteiger charge is 2.48. The van der Waals surface area contributed by atoms with Crippen molar-refractivity contribution in [1.82, 2.24) is 4.98 Å². The van der Waals surface area contributed by atoms with Crippen molar-refractivity contribution in [1.29, 1.82) is 0 Å². The van der Waals surface area contributed by atoms with E-state index in [1.54, 1.807) is 0 Å². The number of pyridine rings is 1. The van der Waals surface area contributed by atoms with Crippen LogP contribution in [0.1, 0.15) is 58.9 Å². The first-order valence-electron chi connectivity index (χ1n) is 9.61. The van der Waals surface area contributed by atoms with E-state index in [2.05, 4.69) is 45.2 Å². The molecule has 0 amide bonds. The van der Waals surface area contributed by atoms with Gasteiger partial charge in [0, 0.05) is 11.7 Å². The van der Waals surface area contributed by atoms with Gasteiger partial charge < -0.3 is 14.7 Å². The molecular formula is C21H32N2O2. The van der Waals surface area contributed by atoms with Crippen LogP contribution in [0.2, 0.25) is 0 Å². The minimum Gasteiger partial charge on any atom is -0.492 e. The molecule has 0 radical (unpaired) electrons. The minimum atomic E-state index is -0.539. The molecule has 1 aromatic heterocycles. The maximum absolute atomic E-state index is 10.6. The largest absolute Gasteiger partial charge is 0.492 e. The SMILES string of the molecule is C=C1CCc2cc(OCCC(C)C)cnc2N1C1CC(O)(C(C)C)C1. The van der Waals surface area contributed by atoms with Crippen molar-refractivity contribution in [3.63, 3.8) is 0 Å². The molecule has 1 saturated carbocycles. The maximum Gasteiger partial charge on any atom is 0.138 e. The second-order valence-corrected chi connectivity index (χ2v) is 8.44. The van der Waals surface area contributed by atoms with Crippen LogP contribution in [-0.4, -0.2) is 28.3 Å². The van der Waals surface area contributed by atoms with Crippen LogP contribution in [-0.2, 0) is 6.42 Å². The number of anilines is 1. The fourth-order valence-corrected chi connectivity index (χ4v) is 3.76. The molecule has 1 aliphatic carbocycles. The number of hydrogen-bond acceptors (Lipinski definition) is 4. The van der Waals surface area contributed by atoms with E-state index in [1.165, 1.54) is 5.56 Å². The lowest BCUT2D eigenvalue weighted by Gasteiger charge is -2.52. The Balaban J connectivity index is 1.72. The number of nitrogens with zero attached hydrogens (tertiary/aromatic N) is 2. The summed E-state index contributed by atoms with van der Waals surface area (Å²) in [6.07, 6.45) is 6.36. The van der Waals surface area contributed by atoms with E-state index in [0.717, 1.165) is 56.0 Å². The third kappa shape index (κ3) is 3.69. The standard InChI is InChI=1S/C21H32N2O2/c1-14(2)8-9-25-19-10-17-7-6-16(5)23(20(17)22-13-19)18-11-21(24,12-18)15(3)4/h10,13-15,18,24H,5-9,11-12H2,1-4H3. The zero-order chi connectivity index (χ0) is 18.2. The monoisotopic (exact) mass is 344 g/mol. The van der Waals surface area contributed by atoms with Crippen LogP contribution in [0.5, 0.6) is 5.75 Å². The summed E-state index contributed by atoms with van der Waals surface area (Å²) in [5.74, 6) is 2.79. The molecule has 1 aliphatic heterocycles. The van der Waals surface area contributed by atoms with Crippen molar-refractivity contribution < 1.29 is 9.84 Å². The molecule has 0 spiro atoms. The first-order valence-corrected chi connectivity index (χ1v) is 9.61. The molecule has 0 unspecified atom stereocenters. The summed E-state index contributed by atoms with van der Waals surface area (Å²) < 4.78 is 5.87. The van der Waals surface area contributed by atoms with Gasteiger partial charge in [-0.15, -0.1) is 0 Å². The third-order valence-electron chi connectivity index (χ3n) is 5.75. The lowest BCUT2D eigenvalue weighted by Crippen LogP contribution is -2.58. The van der Waals surface area contributed by atoms with Crippen LogP contribution in [0, 0.1) is 11.8 Å². The number of allylic oxidation sites excluding steroid dienone is 1. The van der Waals surface area contributed by atoms with Crippen molar-refractivity contribution in [3.8, 4) is 5.75 Å². The molecule has 0 saturated heterocycles. The number of rotatable bonds is 6. The summed E-state index contributed by atoms with van der Waals surface area (Å²) in [6.45, 7) is 13.6. The number of aromatic nitrogens is 1. The Morgan fingerprint density at radius 3 is 2.68 bits per heavy atom. The van der Waals surface area contributed by atoms with E-state index in [9.17, 15) is 5.11 Å². The summed E-state index contributed by atoms with van der Waals surface area (Å²) in [5, 5.41) is 10.6. The van der Waals surface area contributed by atoms with Crippen molar-refractivity contribution in [2.24, 2.45) is 11.8 Å². The van der Waals surface area contributed by atoms with Crippen LogP contribution in [0.4, 0.5) is 5.82 Å². The Bertz CT molecular complexity index is 633. The zero-order valence-corrected chi connectivity index (χ0v) is 16.1. The fraction of sp³-hybridized carbons (Fsp3) is 0.667. The van der Waals surface area contributed by atoms with Crippen LogP contribution in [0.3, 0.4) is 0 Å². The van der Waals surface area contributed by atoms with Gasteiger partial charge in [0.25, 0.3) is 0 Å². The van der Waals surface area contributed by atoms with Crippen molar-refractivity contribution in [2.45, 2.75) is 71.4 Å². The number of aryl methyl sites for hydroxylation is 1. The molecular weight excluding hydrogens is 312 g/mol. The Hall–Kier alpha value is -1.55. The van der Waals surface area contributed by atoms with Crippen molar-refractivity contribution in [3.05, 3.63) is 30.1 Å². The Labute approximate surface area is 151 Å². The van der Waals surface area contributed by atoms with Gasteiger partial charge in [-0.3, -0.25) is 0 Å². The Kier molecular flexibility index (Phi) is 5.10. The Morgan fingerprint density at radius 2 is 2.04 bits per heavy atom. The van der Waals surface area contributed by atoms with Gasteiger partial charge in [0.05, 0.1) is 18.4 Å². The lowest BCUT2D eigenvalue weighted by atomic mass is 9.68. The number of ether oxygens (including phenoxy) is 1. The molecule has 1 fully saturated rings. The topological polar surface area (TPSA) is 45.6 Å². The summed E-state index contributed by atoms with van der Waals surface area (Å²) in [6, 6.07) is 2.44. The summed E-state index contributed by atoms with van der Waals surface area (Å²) >= 11 is 0. The van der Waals surface area contributed by atoms with Gasteiger partial charge >= 0.3 is 0 Å². The van der Waals surface area contributed by atoms with Crippen LogP contribution < -0.4 is 9.64 Å². The number of hydrogen-bond donors (Lipinski definition) is 1. The van der Waals surface area contributed by atoms with Crippen molar-refractivity contribution >= 4 is 5.82 Å². The predicted molar refractivity (Wildman–Crippen MR) is 102 cm³/mol. The third-order valence-corrected chi connectivity index (χ3v) is 5.75. The normalized spacial score (nSPS) is 26.0. The molecule has 138 valence electrons. The van der Waals surface area contributed by atoms with Gasteiger partial charge in [0.2, 0.25) is 0 Å². The molecule has 2 heterocycles. The summed E-state index contributed by atoms with van der Waals surface area (Å²) in [4.78, 5) is 6.96. The quantitative estimate of drug-likeness (QED) is 0.835. The second kappa shape index (κ2) is 6.99. The first-order chi connectivity index (χ1) is 11.8. The van der Waals surface area contributed by atoms with Gasteiger partial charge in [-0.05, 0) is 55.6 Å². The highest BCUT2D eigenvalue weighted by Crippen LogP contribution is 2.46. The molecule has 0 bridgehead atoms. The molecule has 0 atom stereocenters. The highest BCUT2D eigenvalue weighted by molar-refractivity contribution is 5.58. The molecule has 4 heteroatoms. The van der Waals surface area contributed by atoms with Gasteiger partial charge in [0.15, 0.2) is 0 Å². The zero-order valence-electron chi connectivity index (χ0n) is 16.1. The molecule has 4 nitrogen and oxygen atoms in total. The van der Waals surface area contributed by atoms with E-state index in [-0.39, 0.29) is 5.92 Å². The molecule has 2 aliphatic rings. The van der Waals surface area contributed by atoms with Crippen molar-refractivity contribution in [2.75, 3.05) is 11.5 Å². The fourth-order valence-electron chi connectivity index (χ4n) is 3.76. The van der Waals surface area contributed by atoms with E-state index in [0.29, 0.717) is 12.0 Å². The summed E-state index contributed by atoms with van der Waals surface area (Å²) in [5.41, 5.74) is 1.81. The highest BCUT2D eigenvalue weighted by atomic mass is 16.5. The van der Waals surface area contributed by atoms with E-state index < -0.39 is 5.60 Å². The first kappa shape index (κ1) is 18.2. The van der Waals surface area contributed by atoms with Crippen LogP contribution in [0.25, 0.3) is 0 Å². The maximum atomic E-state index is 10.6. The Morgan fingerprint density at radius 1 is 1.32 bits per heavy atom. The number of fused-ring (bicyclic) bond motifs is 1. The van der Waals surface area contributed by atoms with Gasteiger partial charge in [-0.25, -0.2) is 4.98 Å². The molecule has 3 rings (SSSR count). The average molecular weight is 344 g/mol. The number of aliphatic hydroxyl groups is 1.